The van der Waals surface area contributed by atoms with Gasteiger partial charge in [-0.05, 0) is 17.5 Å². The zero-order valence-corrected chi connectivity index (χ0v) is 13.1. The van der Waals surface area contributed by atoms with Crippen molar-refractivity contribution in [3.63, 3.8) is 0 Å². The summed E-state index contributed by atoms with van der Waals surface area (Å²) in [5, 5.41) is 16.4. The maximum absolute atomic E-state index is 11.5. The summed E-state index contributed by atoms with van der Waals surface area (Å²) in [5.74, 6) is 0.361. The lowest BCUT2D eigenvalue weighted by atomic mass is 10.2. The minimum absolute atomic E-state index is 0.0373. The zero-order valence-electron chi connectivity index (χ0n) is 11.5. The molecule has 20 heavy (non-hydrogen) atoms. The van der Waals surface area contributed by atoms with Gasteiger partial charge in [0.25, 0.3) is 5.69 Å². The quantitative estimate of drug-likeness (QED) is 0.587. The Hall–Kier alpha value is -1.47. The Bertz CT molecular complexity index is 492. The van der Waals surface area contributed by atoms with Crippen LogP contribution in [-0.4, -0.2) is 23.9 Å². The molecular weight excluding hydrogens is 326 g/mol. The van der Waals surface area contributed by atoms with Crippen molar-refractivity contribution < 1.29 is 9.72 Å². The number of amides is 1. The normalized spacial score (nSPS) is 10.6. The Kier molecular flexibility index (Phi) is 6.60. The maximum atomic E-state index is 11.5. The Morgan fingerprint density at radius 3 is 2.70 bits per heavy atom. The first kappa shape index (κ1) is 16.6. The van der Waals surface area contributed by atoms with Crippen LogP contribution in [0.5, 0.6) is 0 Å². The topological polar surface area (TPSA) is 84.3 Å². The Labute approximate surface area is 126 Å². The summed E-state index contributed by atoms with van der Waals surface area (Å²) in [4.78, 5) is 21.7. The fourth-order valence-electron chi connectivity index (χ4n) is 1.48. The number of hydrogen-bond donors (Lipinski definition) is 2. The second kappa shape index (κ2) is 7.96. The SMILES string of the molecule is CC(C)CNC(=O)CNCc1ccc([N+](=O)[O-])cc1Br. The number of nitro groups is 1. The molecule has 0 bridgehead atoms. The second-order valence-electron chi connectivity index (χ2n) is 4.83. The lowest BCUT2D eigenvalue weighted by molar-refractivity contribution is -0.384. The molecule has 1 amide bonds. The van der Waals surface area contributed by atoms with Crippen molar-refractivity contribution in [2.75, 3.05) is 13.1 Å². The average molecular weight is 344 g/mol. The first-order valence-corrected chi connectivity index (χ1v) is 7.09. The summed E-state index contributed by atoms with van der Waals surface area (Å²) < 4.78 is 0.654. The van der Waals surface area contributed by atoms with Crippen molar-refractivity contribution >= 4 is 27.5 Å². The van der Waals surface area contributed by atoms with Crippen LogP contribution < -0.4 is 10.6 Å². The molecular formula is C13H18BrN3O3. The summed E-state index contributed by atoms with van der Waals surface area (Å²) in [5.41, 5.74) is 0.905. The molecule has 0 aliphatic heterocycles. The van der Waals surface area contributed by atoms with Crippen molar-refractivity contribution in [3.8, 4) is 0 Å². The van der Waals surface area contributed by atoms with Crippen molar-refractivity contribution in [2.45, 2.75) is 20.4 Å². The highest BCUT2D eigenvalue weighted by molar-refractivity contribution is 9.10. The molecule has 0 unspecified atom stereocenters. The second-order valence-corrected chi connectivity index (χ2v) is 5.69. The first-order valence-electron chi connectivity index (χ1n) is 6.30. The van der Waals surface area contributed by atoms with Crippen LogP contribution in [0.1, 0.15) is 19.4 Å². The third kappa shape index (κ3) is 5.66. The van der Waals surface area contributed by atoms with Gasteiger partial charge in [-0.1, -0.05) is 29.8 Å². The van der Waals surface area contributed by atoms with Gasteiger partial charge in [-0.15, -0.1) is 0 Å². The maximum Gasteiger partial charge on any atom is 0.270 e. The fourth-order valence-corrected chi connectivity index (χ4v) is 1.99. The van der Waals surface area contributed by atoms with Gasteiger partial charge in [-0.25, -0.2) is 0 Å². The van der Waals surface area contributed by atoms with E-state index in [2.05, 4.69) is 26.6 Å². The van der Waals surface area contributed by atoms with Gasteiger partial charge in [0, 0.05) is 29.7 Å². The van der Waals surface area contributed by atoms with Crippen LogP contribution in [0.3, 0.4) is 0 Å². The van der Waals surface area contributed by atoms with Crippen molar-refractivity contribution in [2.24, 2.45) is 5.92 Å². The standard InChI is InChI=1S/C13H18BrN3O3/c1-9(2)6-16-13(18)8-15-7-10-3-4-11(17(19)20)5-12(10)14/h3-5,9,15H,6-8H2,1-2H3,(H,16,18). The van der Waals surface area contributed by atoms with Crippen LogP contribution in [0.25, 0.3) is 0 Å². The van der Waals surface area contributed by atoms with Gasteiger partial charge in [0.15, 0.2) is 0 Å². The van der Waals surface area contributed by atoms with Gasteiger partial charge in [-0.2, -0.15) is 0 Å². The van der Waals surface area contributed by atoms with E-state index >= 15 is 0 Å². The van der Waals surface area contributed by atoms with Crippen LogP contribution in [0, 0.1) is 16.0 Å². The van der Waals surface area contributed by atoms with E-state index in [1.54, 1.807) is 6.07 Å². The number of nitrogens with one attached hydrogen (secondary N) is 2. The van der Waals surface area contributed by atoms with Crippen molar-refractivity contribution in [1.82, 2.24) is 10.6 Å². The van der Waals surface area contributed by atoms with Gasteiger partial charge in [0.2, 0.25) is 5.91 Å². The molecule has 0 saturated heterocycles. The highest BCUT2D eigenvalue weighted by Gasteiger charge is 2.09. The van der Waals surface area contributed by atoms with E-state index in [0.29, 0.717) is 23.5 Å². The number of nitrogens with zero attached hydrogens (tertiary/aromatic N) is 1. The Morgan fingerprint density at radius 2 is 2.15 bits per heavy atom. The molecule has 0 saturated carbocycles. The van der Waals surface area contributed by atoms with Gasteiger partial charge < -0.3 is 10.6 Å². The summed E-state index contributed by atoms with van der Waals surface area (Å²) in [6, 6.07) is 4.57. The van der Waals surface area contributed by atoms with Crippen molar-refractivity contribution in [3.05, 3.63) is 38.3 Å². The molecule has 0 aliphatic rings. The first-order chi connectivity index (χ1) is 9.40. The number of nitro benzene ring substituents is 1. The third-order valence-electron chi connectivity index (χ3n) is 2.56. The molecule has 0 atom stereocenters. The van der Waals surface area contributed by atoms with E-state index in [-0.39, 0.29) is 18.1 Å². The van der Waals surface area contributed by atoms with Crippen LogP contribution in [0.4, 0.5) is 5.69 Å². The van der Waals surface area contributed by atoms with Gasteiger partial charge in [0.1, 0.15) is 0 Å². The van der Waals surface area contributed by atoms with E-state index in [1.807, 2.05) is 13.8 Å². The van der Waals surface area contributed by atoms with Crippen molar-refractivity contribution in [1.29, 1.82) is 0 Å². The number of non-ortho nitro benzene ring substituents is 1. The number of carbonyl (C=O) groups is 1. The highest BCUT2D eigenvalue weighted by atomic mass is 79.9. The molecule has 0 spiro atoms. The van der Waals surface area contributed by atoms with Gasteiger partial charge >= 0.3 is 0 Å². The lowest BCUT2D eigenvalue weighted by Gasteiger charge is -2.09. The minimum atomic E-state index is -0.443. The molecule has 0 aromatic heterocycles. The molecule has 6 nitrogen and oxygen atoms in total. The molecule has 0 aliphatic carbocycles. The predicted octanol–water partition coefficient (Wildman–Crippen LogP) is 2.22. The van der Waals surface area contributed by atoms with E-state index in [0.717, 1.165) is 5.56 Å². The zero-order chi connectivity index (χ0) is 15.1. The number of halogens is 1. The molecule has 1 rings (SSSR count). The van der Waals surface area contributed by atoms with Crippen LogP contribution in [0.15, 0.2) is 22.7 Å². The largest absolute Gasteiger partial charge is 0.355 e. The molecule has 2 N–H and O–H groups in total. The highest BCUT2D eigenvalue weighted by Crippen LogP contribution is 2.22. The number of benzene rings is 1. The van der Waals surface area contributed by atoms with Crippen LogP contribution >= 0.6 is 15.9 Å². The molecule has 110 valence electrons. The Balaban J connectivity index is 2.42. The number of hydrogen-bond acceptors (Lipinski definition) is 4. The number of rotatable bonds is 7. The van der Waals surface area contributed by atoms with E-state index in [4.69, 9.17) is 0 Å². The van der Waals surface area contributed by atoms with E-state index in [9.17, 15) is 14.9 Å². The van der Waals surface area contributed by atoms with Crippen LogP contribution in [-0.2, 0) is 11.3 Å². The van der Waals surface area contributed by atoms with E-state index < -0.39 is 4.92 Å². The van der Waals surface area contributed by atoms with E-state index in [1.165, 1.54) is 12.1 Å². The smallest absolute Gasteiger partial charge is 0.270 e. The van der Waals surface area contributed by atoms with Gasteiger partial charge in [0.05, 0.1) is 11.5 Å². The molecule has 0 heterocycles. The number of carbonyl (C=O) groups excluding carboxylic acids is 1. The third-order valence-corrected chi connectivity index (χ3v) is 3.29. The summed E-state index contributed by atoms with van der Waals surface area (Å²) in [6.07, 6.45) is 0. The van der Waals surface area contributed by atoms with Crippen LogP contribution in [0.2, 0.25) is 0 Å². The summed E-state index contributed by atoms with van der Waals surface area (Å²) >= 11 is 3.29. The predicted molar refractivity (Wildman–Crippen MR) is 80.4 cm³/mol. The minimum Gasteiger partial charge on any atom is -0.355 e. The molecule has 1 aromatic rings. The monoisotopic (exact) mass is 343 g/mol. The average Bonchev–Trinajstić information content (AvgIpc) is 2.38. The molecule has 7 heteroatoms. The summed E-state index contributed by atoms with van der Waals surface area (Å²) in [7, 11) is 0. The molecule has 0 fully saturated rings. The fraction of sp³-hybridized carbons (Fsp3) is 0.462. The molecule has 1 aromatic carbocycles. The Morgan fingerprint density at radius 1 is 1.45 bits per heavy atom. The molecule has 0 radical (unpaired) electrons. The summed E-state index contributed by atoms with van der Waals surface area (Å²) in [6.45, 7) is 5.40. The van der Waals surface area contributed by atoms with Gasteiger partial charge in [-0.3, -0.25) is 14.9 Å². The lowest BCUT2D eigenvalue weighted by Crippen LogP contribution is -2.35.